The van der Waals surface area contributed by atoms with E-state index >= 15 is 0 Å². The largest absolute Gasteiger partial charge is 0.497 e. The molecule has 0 aromatic heterocycles. The third-order valence-electron chi connectivity index (χ3n) is 7.53. The van der Waals surface area contributed by atoms with Crippen LogP contribution >= 0.6 is 0 Å². The first-order valence-electron chi connectivity index (χ1n) is 13.0. The van der Waals surface area contributed by atoms with E-state index in [1.807, 2.05) is 0 Å². The van der Waals surface area contributed by atoms with Crippen LogP contribution in [0.1, 0.15) is 46.4 Å². The molecule has 38 heavy (non-hydrogen) atoms. The first kappa shape index (κ1) is 26.1. The zero-order chi connectivity index (χ0) is 26.7. The predicted molar refractivity (Wildman–Crippen MR) is 135 cm³/mol. The number of carbonyl (C=O) groups is 3. The van der Waals surface area contributed by atoms with Gasteiger partial charge >= 0.3 is 0 Å². The van der Waals surface area contributed by atoms with Crippen molar-refractivity contribution in [2.75, 3.05) is 40.0 Å². The minimum atomic E-state index is -1.08. The Bertz CT molecular complexity index is 1190. The Morgan fingerprint density at radius 3 is 2.50 bits per heavy atom. The van der Waals surface area contributed by atoms with Crippen LogP contribution in [0, 0.1) is 5.82 Å². The first-order chi connectivity index (χ1) is 18.4. The predicted octanol–water partition coefficient (Wildman–Crippen LogP) is 2.60. The molecule has 0 bridgehead atoms. The highest BCUT2D eigenvalue weighted by Gasteiger charge is 2.54. The van der Waals surface area contributed by atoms with E-state index in [0.29, 0.717) is 50.4 Å². The van der Waals surface area contributed by atoms with E-state index in [4.69, 9.17) is 14.2 Å². The first-order valence-corrected chi connectivity index (χ1v) is 13.0. The van der Waals surface area contributed by atoms with Crippen LogP contribution in [0.15, 0.2) is 48.5 Å². The fourth-order valence-corrected chi connectivity index (χ4v) is 5.46. The summed E-state index contributed by atoms with van der Waals surface area (Å²) in [6.45, 7) is 1.70. The van der Waals surface area contributed by atoms with E-state index in [0.717, 1.165) is 18.9 Å². The number of nitrogens with one attached hydrogen (secondary N) is 1. The zero-order valence-electron chi connectivity index (χ0n) is 21.4. The van der Waals surface area contributed by atoms with Crippen LogP contribution in [-0.2, 0) is 14.3 Å². The number of ether oxygens (including phenoxy) is 3. The van der Waals surface area contributed by atoms with Gasteiger partial charge in [0.15, 0.2) is 0 Å². The van der Waals surface area contributed by atoms with Gasteiger partial charge in [-0.2, -0.15) is 0 Å². The molecule has 0 aliphatic carbocycles. The van der Waals surface area contributed by atoms with Crippen LogP contribution in [-0.4, -0.2) is 85.3 Å². The van der Waals surface area contributed by atoms with Gasteiger partial charge in [0, 0.05) is 50.2 Å². The number of piperidine rings is 1. The second-order valence-electron chi connectivity index (χ2n) is 9.86. The molecule has 3 amide bonds. The molecule has 0 unspecified atom stereocenters. The Balaban J connectivity index is 1.34. The second-order valence-corrected chi connectivity index (χ2v) is 9.86. The van der Waals surface area contributed by atoms with Crippen molar-refractivity contribution >= 4 is 17.7 Å². The Hall–Kier alpha value is -3.50. The van der Waals surface area contributed by atoms with Crippen molar-refractivity contribution in [1.82, 2.24) is 15.1 Å². The summed E-state index contributed by atoms with van der Waals surface area (Å²) in [5.41, 5.74) is -0.436. The molecule has 3 fully saturated rings. The maximum atomic E-state index is 14.0. The molecule has 1 N–H and O–H groups in total. The molecule has 3 aliphatic rings. The van der Waals surface area contributed by atoms with Gasteiger partial charge in [-0.25, -0.2) is 4.39 Å². The van der Waals surface area contributed by atoms with Gasteiger partial charge < -0.3 is 24.4 Å². The molecule has 0 saturated carbocycles. The molecule has 202 valence electrons. The molecule has 3 saturated heterocycles. The van der Waals surface area contributed by atoms with Crippen molar-refractivity contribution in [3.63, 3.8) is 0 Å². The quantitative estimate of drug-likeness (QED) is 0.623. The van der Waals surface area contributed by atoms with Crippen LogP contribution in [0.3, 0.4) is 0 Å². The van der Waals surface area contributed by atoms with E-state index in [1.54, 1.807) is 36.3 Å². The summed E-state index contributed by atoms with van der Waals surface area (Å²) < 4.78 is 31.1. The number of halogens is 1. The summed E-state index contributed by atoms with van der Waals surface area (Å²) in [4.78, 5) is 43.3. The number of hydrogen-bond acceptors (Lipinski definition) is 6. The Kier molecular flexibility index (Phi) is 7.62. The van der Waals surface area contributed by atoms with E-state index < -0.39 is 23.5 Å². The molecule has 10 heteroatoms. The maximum Gasteiger partial charge on any atom is 0.256 e. The molecular weight excluding hydrogens is 493 g/mol. The lowest BCUT2D eigenvalue weighted by Gasteiger charge is -2.44. The van der Waals surface area contributed by atoms with Gasteiger partial charge in [0.2, 0.25) is 5.91 Å². The van der Waals surface area contributed by atoms with Crippen molar-refractivity contribution in [3.05, 3.63) is 65.5 Å². The van der Waals surface area contributed by atoms with Crippen molar-refractivity contribution in [3.8, 4) is 5.75 Å². The van der Waals surface area contributed by atoms with Crippen LogP contribution in [0.25, 0.3) is 0 Å². The molecule has 0 radical (unpaired) electrons. The smallest absolute Gasteiger partial charge is 0.256 e. The van der Waals surface area contributed by atoms with Gasteiger partial charge in [-0.05, 0) is 49.2 Å². The lowest BCUT2D eigenvalue weighted by Crippen LogP contribution is -2.60. The number of carbonyl (C=O) groups excluding carboxylic acids is 3. The SMILES string of the molecule is COc1cccc(C(=O)N2CCC3(CC2)OC[C@@H](C(=O)NC[C@@H]2CCCO2)N3C(=O)c2cccc(F)c2)c1. The summed E-state index contributed by atoms with van der Waals surface area (Å²) in [7, 11) is 1.54. The number of likely N-dealkylation sites (tertiary alicyclic amines) is 1. The van der Waals surface area contributed by atoms with Crippen LogP contribution in [0.2, 0.25) is 0 Å². The number of nitrogens with zero attached hydrogens (tertiary/aromatic N) is 2. The summed E-state index contributed by atoms with van der Waals surface area (Å²) in [5.74, 6) is -0.912. The van der Waals surface area contributed by atoms with Gasteiger partial charge in [0.1, 0.15) is 23.3 Å². The van der Waals surface area contributed by atoms with Gasteiger partial charge in [0.05, 0.1) is 19.8 Å². The highest BCUT2D eigenvalue weighted by molar-refractivity contribution is 5.98. The highest BCUT2D eigenvalue weighted by Crippen LogP contribution is 2.39. The van der Waals surface area contributed by atoms with Crippen LogP contribution < -0.4 is 10.1 Å². The average Bonchev–Trinajstić information content (AvgIpc) is 3.60. The number of hydrogen-bond donors (Lipinski definition) is 1. The highest BCUT2D eigenvalue weighted by atomic mass is 19.1. The van der Waals surface area contributed by atoms with Crippen molar-refractivity contribution in [2.24, 2.45) is 0 Å². The van der Waals surface area contributed by atoms with E-state index in [1.165, 1.54) is 23.1 Å². The van der Waals surface area contributed by atoms with Gasteiger partial charge in [-0.1, -0.05) is 12.1 Å². The minimum absolute atomic E-state index is 0.0161. The van der Waals surface area contributed by atoms with Crippen molar-refractivity contribution < 1.29 is 33.0 Å². The molecule has 1 spiro atoms. The number of rotatable bonds is 6. The second kappa shape index (κ2) is 11.1. The summed E-state index contributed by atoms with van der Waals surface area (Å²) >= 11 is 0. The molecule has 3 aliphatic heterocycles. The zero-order valence-corrected chi connectivity index (χ0v) is 21.4. The van der Waals surface area contributed by atoms with Gasteiger partial charge in [-0.15, -0.1) is 0 Å². The van der Waals surface area contributed by atoms with E-state index in [9.17, 15) is 18.8 Å². The fourth-order valence-electron chi connectivity index (χ4n) is 5.46. The lowest BCUT2D eigenvalue weighted by atomic mass is 9.96. The molecule has 3 heterocycles. The van der Waals surface area contributed by atoms with Crippen LogP contribution in [0.4, 0.5) is 4.39 Å². The van der Waals surface area contributed by atoms with Crippen molar-refractivity contribution in [1.29, 1.82) is 0 Å². The molecule has 2 aromatic carbocycles. The van der Waals surface area contributed by atoms with Gasteiger partial charge in [-0.3, -0.25) is 19.3 Å². The standard InChI is InChI=1S/C28H32FN3O6/c1-36-22-8-3-6-20(16-22)26(34)31-12-10-28(11-13-31)32(27(35)19-5-2-7-21(29)15-19)24(18-38-28)25(33)30-17-23-9-4-14-37-23/h2-3,5-8,15-16,23-24H,4,9-14,17-18H2,1H3,(H,30,33)/t23-,24-/m0/s1. The topological polar surface area (TPSA) is 97.4 Å². The number of methoxy groups -OCH3 is 1. The fraction of sp³-hybridized carbons (Fsp3) is 0.464. The third kappa shape index (κ3) is 5.23. The summed E-state index contributed by atoms with van der Waals surface area (Å²) in [6, 6.07) is 11.5. The Labute approximate surface area is 220 Å². The molecule has 9 nitrogen and oxygen atoms in total. The maximum absolute atomic E-state index is 14.0. The lowest BCUT2D eigenvalue weighted by molar-refractivity contribution is -0.128. The van der Waals surface area contributed by atoms with Crippen molar-refractivity contribution in [2.45, 2.75) is 43.6 Å². The molecular formula is C28H32FN3O6. The van der Waals surface area contributed by atoms with Crippen LogP contribution in [0.5, 0.6) is 5.75 Å². The third-order valence-corrected chi connectivity index (χ3v) is 7.53. The van der Waals surface area contributed by atoms with E-state index in [2.05, 4.69) is 5.32 Å². The Morgan fingerprint density at radius 2 is 1.82 bits per heavy atom. The minimum Gasteiger partial charge on any atom is -0.497 e. The van der Waals surface area contributed by atoms with Gasteiger partial charge in [0.25, 0.3) is 11.8 Å². The Morgan fingerprint density at radius 1 is 1.08 bits per heavy atom. The molecule has 2 aromatic rings. The summed E-state index contributed by atoms with van der Waals surface area (Å²) in [6.07, 6.45) is 2.41. The number of benzene rings is 2. The van der Waals surface area contributed by atoms with E-state index in [-0.39, 0.29) is 30.1 Å². The summed E-state index contributed by atoms with van der Waals surface area (Å²) in [5, 5.41) is 2.91. The normalized spacial score (nSPS) is 22.5. The average molecular weight is 526 g/mol. The monoisotopic (exact) mass is 525 g/mol. The molecule has 2 atom stereocenters. The number of amides is 3. The molecule has 5 rings (SSSR count).